The molecule has 7 heteroatoms. The van der Waals surface area contributed by atoms with Gasteiger partial charge in [-0.2, -0.15) is 0 Å². The van der Waals surface area contributed by atoms with Crippen LogP contribution in [0.25, 0.3) is 10.4 Å². The summed E-state index contributed by atoms with van der Waals surface area (Å²) in [6, 6.07) is 8.36. The van der Waals surface area contributed by atoms with Crippen LogP contribution in [0.3, 0.4) is 0 Å². The van der Waals surface area contributed by atoms with Gasteiger partial charge in [0.2, 0.25) is 11.8 Å². The summed E-state index contributed by atoms with van der Waals surface area (Å²) in [7, 11) is 0. The molecule has 0 spiro atoms. The summed E-state index contributed by atoms with van der Waals surface area (Å²) in [5.41, 5.74) is 10.4. The minimum absolute atomic E-state index is 0.0559. The average Bonchev–Trinajstić information content (AvgIpc) is 3.48. The van der Waals surface area contributed by atoms with E-state index in [9.17, 15) is 9.59 Å². The number of nitrogens with zero attached hydrogens (tertiary/aromatic N) is 2. The van der Waals surface area contributed by atoms with Crippen LogP contribution in [0.4, 0.5) is 0 Å². The van der Waals surface area contributed by atoms with Gasteiger partial charge in [-0.3, -0.25) is 9.59 Å². The van der Waals surface area contributed by atoms with Crippen molar-refractivity contribution in [1.82, 2.24) is 15.2 Å². The Balaban J connectivity index is 0.000000570. The molecule has 1 saturated carbocycles. The van der Waals surface area contributed by atoms with Gasteiger partial charge >= 0.3 is 0 Å². The zero-order valence-electron chi connectivity index (χ0n) is 23.3. The first-order valence-electron chi connectivity index (χ1n) is 13.4. The Bertz CT molecular complexity index is 960. The Morgan fingerprint density at radius 2 is 1.75 bits per heavy atom. The van der Waals surface area contributed by atoms with E-state index in [4.69, 9.17) is 5.73 Å². The van der Waals surface area contributed by atoms with Gasteiger partial charge in [-0.15, -0.1) is 11.3 Å². The van der Waals surface area contributed by atoms with E-state index in [0.717, 1.165) is 29.7 Å². The molecule has 36 heavy (non-hydrogen) atoms. The van der Waals surface area contributed by atoms with Gasteiger partial charge in [0, 0.05) is 19.0 Å². The van der Waals surface area contributed by atoms with Crippen LogP contribution in [0.1, 0.15) is 97.4 Å². The monoisotopic (exact) mass is 514 g/mol. The van der Waals surface area contributed by atoms with E-state index in [1.165, 1.54) is 24.1 Å². The smallest absolute Gasteiger partial charge is 0.243 e. The number of nitrogens with one attached hydrogen (secondary N) is 1. The second-order valence-electron chi connectivity index (χ2n) is 10.8. The molecule has 2 aliphatic rings. The third kappa shape index (κ3) is 8.70. The average molecular weight is 515 g/mol. The molecule has 2 atom stereocenters. The van der Waals surface area contributed by atoms with Crippen molar-refractivity contribution < 1.29 is 9.59 Å². The number of likely N-dealkylation sites (tertiary alicyclic amines) is 1. The predicted octanol–water partition coefficient (Wildman–Crippen LogP) is 6.25. The minimum Gasteiger partial charge on any atom is -0.348 e. The maximum atomic E-state index is 12.9. The number of aromatic nitrogens is 1. The molecule has 1 aliphatic carbocycles. The third-order valence-corrected chi connectivity index (χ3v) is 7.46. The number of hydrogen-bond acceptors (Lipinski definition) is 5. The van der Waals surface area contributed by atoms with Gasteiger partial charge in [-0.25, -0.2) is 4.98 Å². The van der Waals surface area contributed by atoms with Gasteiger partial charge in [0.05, 0.1) is 22.1 Å². The lowest BCUT2D eigenvalue weighted by atomic mass is 9.91. The summed E-state index contributed by atoms with van der Waals surface area (Å²) in [5.74, 6) is 0.0201. The fraction of sp³-hybridized carbons (Fsp3) is 0.621. The molecule has 200 valence electrons. The molecule has 1 aromatic heterocycles. The summed E-state index contributed by atoms with van der Waals surface area (Å²) in [6.07, 6.45) is 5.97. The van der Waals surface area contributed by atoms with Crippen LogP contribution >= 0.6 is 11.3 Å². The number of carbonyl (C=O) groups is 2. The number of carbonyl (C=O) groups excluding carboxylic acids is 2. The zero-order chi connectivity index (χ0) is 26.9. The molecule has 0 radical (unpaired) electrons. The van der Waals surface area contributed by atoms with Gasteiger partial charge in [0.1, 0.15) is 6.04 Å². The van der Waals surface area contributed by atoms with Crippen LogP contribution < -0.4 is 11.1 Å². The van der Waals surface area contributed by atoms with Crippen LogP contribution in [0.2, 0.25) is 0 Å². The van der Waals surface area contributed by atoms with Crippen molar-refractivity contribution in [2.45, 2.75) is 105 Å². The summed E-state index contributed by atoms with van der Waals surface area (Å²) >= 11 is 1.63. The van der Waals surface area contributed by atoms with E-state index in [1.807, 2.05) is 33.2 Å². The molecule has 4 rings (SSSR count). The second-order valence-corrected chi connectivity index (χ2v) is 11.6. The van der Waals surface area contributed by atoms with Crippen molar-refractivity contribution >= 4 is 23.2 Å². The molecular formula is C29H46N4O2S. The number of rotatable bonds is 5. The van der Waals surface area contributed by atoms with E-state index in [1.54, 1.807) is 16.2 Å². The van der Waals surface area contributed by atoms with Crippen LogP contribution in [-0.4, -0.2) is 40.3 Å². The number of nitrogens with two attached hydrogens (primary N) is 1. The number of thiazole rings is 1. The van der Waals surface area contributed by atoms with E-state index in [0.29, 0.717) is 19.0 Å². The quantitative estimate of drug-likeness (QED) is 0.494. The fourth-order valence-corrected chi connectivity index (χ4v) is 5.04. The van der Waals surface area contributed by atoms with Gasteiger partial charge < -0.3 is 16.0 Å². The van der Waals surface area contributed by atoms with Crippen molar-refractivity contribution in [2.75, 3.05) is 6.54 Å². The molecule has 6 nitrogen and oxygen atoms in total. The van der Waals surface area contributed by atoms with Crippen molar-refractivity contribution in [3.05, 3.63) is 41.0 Å². The van der Waals surface area contributed by atoms with Crippen molar-refractivity contribution in [1.29, 1.82) is 0 Å². The largest absolute Gasteiger partial charge is 0.348 e. The molecule has 2 heterocycles. The normalized spacial score (nSPS) is 18.2. The summed E-state index contributed by atoms with van der Waals surface area (Å²) < 4.78 is 0. The maximum absolute atomic E-state index is 12.9. The maximum Gasteiger partial charge on any atom is 0.243 e. The highest BCUT2D eigenvalue weighted by molar-refractivity contribution is 7.13. The van der Waals surface area contributed by atoms with Crippen LogP contribution in [-0.2, 0) is 9.59 Å². The Morgan fingerprint density at radius 3 is 2.22 bits per heavy atom. The fourth-order valence-electron chi connectivity index (χ4n) is 4.23. The van der Waals surface area contributed by atoms with E-state index in [-0.39, 0.29) is 29.3 Å². The molecule has 2 aromatic rings. The van der Waals surface area contributed by atoms with Gasteiger partial charge in [-0.05, 0) is 56.1 Å². The minimum atomic E-state index is -0.355. The topological polar surface area (TPSA) is 88.3 Å². The van der Waals surface area contributed by atoms with Crippen LogP contribution in [0, 0.1) is 12.3 Å². The summed E-state index contributed by atoms with van der Waals surface area (Å²) in [6.45, 7) is 14.8. The molecule has 0 bridgehead atoms. The van der Waals surface area contributed by atoms with E-state index < -0.39 is 0 Å². The second kappa shape index (κ2) is 13.9. The highest BCUT2D eigenvalue weighted by Gasteiger charge is 2.35. The standard InChI is InChI=1S/C23H31N3O2S.C4H9N.C2H6/c1-15(17-8-10-18(11-9-17)21-16(2)24-14-29-21)25-22(28)19-7-6-12-26(19)20(27)13-23(3,4)5;5-4-2-1-3-4;1-2/h8-11,14-15,19H,6-7,12-13H2,1-5H3,(H,25,28);4H,1-3,5H2;1-2H3. The first kappa shape index (κ1) is 30.0. The zero-order valence-corrected chi connectivity index (χ0v) is 24.1. The first-order chi connectivity index (χ1) is 17.0. The Kier molecular flexibility index (Phi) is 11.6. The summed E-state index contributed by atoms with van der Waals surface area (Å²) in [5, 5.41) is 3.11. The molecule has 1 saturated heterocycles. The number of amides is 2. The molecule has 3 N–H and O–H groups in total. The molecule has 2 unspecified atom stereocenters. The first-order valence-corrected chi connectivity index (χ1v) is 14.3. The van der Waals surface area contributed by atoms with Gasteiger partial charge in [0.15, 0.2) is 0 Å². The highest BCUT2D eigenvalue weighted by Crippen LogP contribution is 2.29. The number of hydrogen-bond donors (Lipinski definition) is 2. The lowest BCUT2D eigenvalue weighted by Gasteiger charge is -2.28. The van der Waals surface area contributed by atoms with Crippen molar-refractivity contribution in [3.63, 3.8) is 0 Å². The molecule has 1 aromatic carbocycles. The number of benzene rings is 1. The molecule has 2 amide bonds. The number of aryl methyl sites for hydroxylation is 1. The van der Waals surface area contributed by atoms with Crippen molar-refractivity contribution in [2.24, 2.45) is 11.1 Å². The Labute approximate surface area is 222 Å². The predicted molar refractivity (Wildman–Crippen MR) is 151 cm³/mol. The van der Waals surface area contributed by atoms with E-state index >= 15 is 0 Å². The third-order valence-electron chi connectivity index (χ3n) is 6.48. The molecule has 1 aliphatic heterocycles. The lowest BCUT2D eigenvalue weighted by molar-refractivity contribution is -0.140. The Hall–Kier alpha value is -2.25. The highest BCUT2D eigenvalue weighted by atomic mass is 32.1. The Morgan fingerprint density at radius 1 is 1.14 bits per heavy atom. The molecule has 2 fully saturated rings. The van der Waals surface area contributed by atoms with Gasteiger partial charge in [0.25, 0.3) is 0 Å². The van der Waals surface area contributed by atoms with Crippen LogP contribution in [0.15, 0.2) is 29.8 Å². The molecular weight excluding hydrogens is 468 g/mol. The van der Waals surface area contributed by atoms with Gasteiger partial charge in [-0.1, -0.05) is 65.3 Å². The lowest BCUT2D eigenvalue weighted by Crippen LogP contribution is -2.47. The summed E-state index contributed by atoms with van der Waals surface area (Å²) in [4.78, 5) is 32.8. The van der Waals surface area contributed by atoms with E-state index in [2.05, 4.69) is 55.3 Å². The van der Waals surface area contributed by atoms with Crippen molar-refractivity contribution in [3.8, 4) is 10.4 Å². The SMILES string of the molecule is CC.Cc1ncsc1-c1ccc(C(C)NC(=O)C2CCCN2C(=O)CC(C)(C)C)cc1.NC1CCC1. The van der Waals surface area contributed by atoms with Crippen LogP contribution in [0.5, 0.6) is 0 Å².